The summed E-state index contributed by atoms with van der Waals surface area (Å²) in [5, 5.41) is 20.0. The maximum absolute atomic E-state index is 9.39. The van der Waals surface area contributed by atoms with E-state index in [4.69, 9.17) is 4.74 Å². The summed E-state index contributed by atoms with van der Waals surface area (Å²) in [7, 11) is 0. The van der Waals surface area contributed by atoms with Crippen LogP contribution in [-0.4, -0.2) is 41.7 Å². The van der Waals surface area contributed by atoms with Crippen LogP contribution in [0.4, 0.5) is 0 Å². The number of benzene rings is 1. The highest BCUT2D eigenvalue weighted by molar-refractivity contribution is 5.62. The number of hydrogen-bond acceptors (Lipinski definition) is 4. The molecule has 0 unspecified atom stereocenters. The quantitative estimate of drug-likeness (QED) is 0.739. The molecule has 1 aliphatic heterocycles. The zero-order valence-electron chi connectivity index (χ0n) is 11.3. The van der Waals surface area contributed by atoms with Crippen molar-refractivity contribution in [1.29, 1.82) is 0 Å². The Morgan fingerprint density at radius 3 is 2.75 bits per heavy atom. The Labute approximate surface area is 118 Å². The highest BCUT2D eigenvalue weighted by Gasteiger charge is 2.37. The van der Waals surface area contributed by atoms with Gasteiger partial charge < -0.3 is 15.2 Å². The fraction of sp³-hybridized carbons (Fsp3) is 0.400. The van der Waals surface area contributed by atoms with E-state index < -0.39 is 0 Å². The van der Waals surface area contributed by atoms with Crippen molar-refractivity contribution in [2.45, 2.75) is 6.54 Å². The van der Waals surface area contributed by atoms with Gasteiger partial charge in [-0.05, 0) is 5.56 Å². The maximum Gasteiger partial charge on any atom is 0.0695 e. The number of aromatic nitrogens is 2. The second-order valence-corrected chi connectivity index (χ2v) is 5.39. The van der Waals surface area contributed by atoms with Crippen LogP contribution in [0.5, 0.6) is 0 Å². The molecule has 0 bridgehead atoms. The molecule has 0 spiro atoms. The Kier molecular flexibility index (Phi) is 3.82. The fourth-order valence-corrected chi connectivity index (χ4v) is 2.40. The van der Waals surface area contributed by atoms with Gasteiger partial charge in [0.1, 0.15) is 0 Å². The summed E-state index contributed by atoms with van der Waals surface area (Å²) in [6.45, 7) is 2.91. The molecule has 1 saturated heterocycles. The number of nitrogens with zero attached hydrogens (tertiary/aromatic N) is 1. The molecule has 0 atom stereocenters. The Hall–Kier alpha value is -1.69. The molecule has 1 aromatic heterocycles. The average molecular weight is 273 g/mol. The predicted molar refractivity (Wildman–Crippen MR) is 76.1 cm³/mol. The van der Waals surface area contributed by atoms with Gasteiger partial charge in [-0.25, -0.2) is 0 Å². The summed E-state index contributed by atoms with van der Waals surface area (Å²) < 4.78 is 5.19. The number of aliphatic hydroxyl groups excluding tert-OH is 1. The minimum atomic E-state index is -0.101. The van der Waals surface area contributed by atoms with E-state index in [0.717, 1.165) is 29.9 Å². The van der Waals surface area contributed by atoms with Crippen LogP contribution in [0.25, 0.3) is 11.3 Å². The third-order valence-corrected chi connectivity index (χ3v) is 3.75. The van der Waals surface area contributed by atoms with Gasteiger partial charge in [0.05, 0.1) is 37.1 Å². The lowest BCUT2D eigenvalue weighted by Crippen LogP contribution is -2.52. The summed E-state index contributed by atoms with van der Waals surface area (Å²) in [5.41, 5.74) is 3.20. The first-order chi connectivity index (χ1) is 9.83. The van der Waals surface area contributed by atoms with Crippen LogP contribution in [0.15, 0.2) is 36.5 Å². The average Bonchev–Trinajstić information content (AvgIpc) is 2.91. The van der Waals surface area contributed by atoms with E-state index in [2.05, 4.69) is 27.6 Å². The lowest BCUT2D eigenvalue weighted by molar-refractivity contribution is -0.134. The van der Waals surface area contributed by atoms with Crippen LogP contribution in [0.3, 0.4) is 0 Å². The van der Waals surface area contributed by atoms with Crippen LogP contribution in [0.1, 0.15) is 5.56 Å². The number of aliphatic hydroxyl groups is 1. The van der Waals surface area contributed by atoms with Crippen molar-refractivity contribution in [3.8, 4) is 11.3 Å². The zero-order chi connectivity index (χ0) is 13.8. The minimum absolute atomic E-state index is 0.101. The molecule has 3 N–H and O–H groups in total. The van der Waals surface area contributed by atoms with Crippen LogP contribution >= 0.6 is 0 Å². The maximum atomic E-state index is 9.39. The van der Waals surface area contributed by atoms with E-state index in [1.54, 1.807) is 0 Å². The first-order valence-corrected chi connectivity index (χ1v) is 6.80. The molecular weight excluding hydrogens is 254 g/mol. The van der Waals surface area contributed by atoms with Crippen molar-refractivity contribution in [3.05, 3.63) is 42.1 Å². The molecule has 2 aromatic rings. The second-order valence-electron chi connectivity index (χ2n) is 5.39. The molecule has 1 aliphatic rings. The van der Waals surface area contributed by atoms with Crippen molar-refractivity contribution >= 4 is 0 Å². The highest BCUT2D eigenvalue weighted by Crippen LogP contribution is 2.26. The van der Waals surface area contributed by atoms with Crippen molar-refractivity contribution in [2.75, 3.05) is 26.4 Å². The van der Waals surface area contributed by atoms with Gasteiger partial charge >= 0.3 is 0 Å². The third kappa shape index (κ3) is 2.60. The normalized spacial score (nSPS) is 16.9. The Morgan fingerprint density at radius 2 is 2.10 bits per heavy atom. The number of aromatic amines is 1. The monoisotopic (exact) mass is 273 g/mol. The molecule has 0 amide bonds. The molecule has 3 rings (SSSR count). The fourth-order valence-electron chi connectivity index (χ4n) is 2.40. The Balaban J connectivity index is 1.63. The standard InChI is InChI=1S/C15H19N3O2/c19-9-15(10-20-11-15)8-16-6-13-7-17-18-14(13)12-4-2-1-3-5-12/h1-5,7,16,19H,6,8-11H2,(H,17,18). The number of ether oxygens (including phenoxy) is 1. The van der Waals surface area contributed by atoms with E-state index in [1.807, 2.05) is 24.4 Å². The van der Waals surface area contributed by atoms with Gasteiger partial charge in [0.2, 0.25) is 0 Å². The predicted octanol–water partition coefficient (Wildman–Crippen LogP) is 1.18. The molecular formula is C15H19N3O2. The molecule has 20 heavy (non-hydrogen) atoms. The topological polar surface area (TPSA) is 70.2 Å². The summed E-state index contributed by atoms with van der Waals surface area (Å²) in [5.74, 6) is 0. The number of H-pyrrole nitrogens is 1. The minimum Gasteiger partial charge on any atom is -0.396 e. The largest absolute Gasteiger partial charge is 0.396 e. The van der Waals surface area contributed by atoms with Gasteiger partial charge in [-0.3, -0.25) is 5.10 Å². The number of rotatable bonds is 6. The molecule has 1 fully saturated rings. The van der Waals surface area contributed by atoms with Crippen LogP contribution in [0.2, 0.25) is 0 Å². The Morgan fingerprint density at radius 1 is 1.30 bits per heavy atom. The van der Waals surface area contributed by atoms with E-state index in [-0.39, 0.29) is 12.0 Å². The molecule has 0 aliphatic carbocycles. The van der Waals surface area contributed by atoms with Gasteiger partial charge in [-0.15, -0.1) is 0 Å². The summed E-state index contributed by atoms with van der Waals surface area (Å²) >= 11 is 0. The summed E-state index contributed by atoms with van der Waals surface area (Å²) in [4.78, 5) is 0. The van der Waals surface area contributed by atoms with Gasteiger partial charge in [0, 0.05) is 18.7 Å². The van der Waals surface area contributed by atoms with Gasteiger partial charge in [-0.1, -0.05) is 30.3 Å². The molecule has 5 nitrogen and oxygen atoms in total. The summed E-state index contributed by atoms with van der Waals surface area (Å²) in [6.07, 6.45) is 1.85. The van der Waals surface area contributed by atoms with Crippen molar-refractivity contribution in [3.63, 3.8) is 0 Å². The van der Waals surface area contributed by atoms with Gasteiger partial charge in [0.25, 0.3) is 0 Å². The van der Waals surface area contributed by atoms with Crippen LogP contribution in [0, 0.1) is 5.41 Å². The van der Waals surface area contributed by atoms with Crippen molar-refractivity contribution < 1.29 is 9.84 Å². The molecule has 1 aromatic carbocycles. The highest BCUT2D eigenvalue weighted by atomic mass is 16.5. The first kappa shape index (κ1) is 13.3. The van der Waals surface area contributed by atoms with E-state index in [9.17, 15) is 5.11 Å². The van der Waals surface area contributed by atoms with Gasteiger partial charge in [-0.2, -0.15) is 5.10 Å². The number of nitrogens with one attached hydrogen (secondary N) is 2. The van der Waals surface area contributed by atoms with Crippen LogP contribution in [-0.2, 0) is 11.3 Å². The summed E-state index contributed by atoms with van der Waals surface area (Å²) in [6, 6.07) is 10.1. The van der Waals surface area contributed by atoms with Gasteiger partial charge in [0.15, 0.2) is 0 Å². The SMILES string of the molecule is OCC1(CNCc2cn[nH]c2-c2ccccc2)COC1. The van der Waals surface area contributed by atoms with Crippen LogP contribution < -0.4 is 5.32 Å². The Bertz CT molecular complexity index is 544. The smallest absolute Gasteiger partial charge is 0.0695 e. The van der Waals surface area contributed by atoms with Crippen molar-refractivity contribution in [2.24, 2.45) is 5.41 Å². The van der Waals surface area contributed by atoms with E-state index in [0.29, 0.717) is 13.2 Å². The van der Waals surface area contributed by atoms with E-state index >= 15 is 0 Å². The lowest BCUT2D eigenvalue weighted by atomic mass is 9.87. The lowest BCUT2D eigenvalue weighted by Gasteiger charge is -2.40. The molecule has 5 heteroatoms. The molecule has 0 saturated carbocycles. The second kappa shape index (κ2) is 5.75. The van der Waals surface area contributed by atoms with E-state index in [1.165, 1.54) is 0 Å². The molecule has 0 radical (unpaired) electrons. The molecule has 106 valence electrons. The third-order valence-electron chi connectivity index (χ3n) is 3.75. The molecule has 2 heterocycles. The van der Waals surface area contributed by atoms with Crippen molar-refractivity contribution in [1.82, 2.24) is 15.5 Å². The zero-order valence-corrected chi connectivity index (χ0v) is 11.3. The number of hydrogen-bond donors (Lipinski definition) is 3. The first-order valence-electron chi connectivity index (χ1n) is 6.80.